The average Bonchev–Trinajstić information content (AvgIpc) is 3.50. The Bertz CT molecular complexity index is 1440. The average molecular weight is 510 g/mol. The molecule has 1 amide bonds. The van der Waals surface area contributed by atoms with Crippen LogP contribution in [0.1, 0.15) is 23.1 Å². The van der Waals surface area contributed by atoms with Crippen molar-refractivity contribution >= 4 is 39.3 Å². The summed E-state index contributed by atoms with van der Waals surface area (Å²) in [6.07, 6.45) is 0.697. The van der Waals surface area contributed by atoms with E-state index in [4.69, 9.17) is 9.47 Å². The zero-order valence-electron chi connectivity index (χ0n) is 19.6. The topological polar surface area (TPSA) is 137 Å². The lowest BCUT2D eigenvalue weighted by Gasteiger charge is -2.30. The molecule has 4 aromatic rings. The molecule has 0 bridgehead atoms. The predicted octanol–water partition coefficient (Wildman–Crippen LogP) is 3.42. The van der Waals surface area contributed by atoms with E-state index in [1.54, 1.807) is 22.7 Å². The largest absolute Gasteiger partial charge is 0.495 e. The molecule has 1 fully saturated rings. The molecule has 36 heavy (non-hydrogen) atoms. The highest BCUT2D eigenvalue weighted by molar-refractivity contribution is 7.19. The first-order valence-corrected chi connectivity index (χ1v) is 12.1. The molecule has 1 aliphatic rings. The number of nitrogens with zero attached hydrogens (tertiary/aromatic N) is 6. The molecule has 0 spiro atoms. The van der Waals surface area contributed by atoms with Gasteiger partial charge in [0.05, 0.1) is 42.2 Å². The first-order valence-electron chi connectivity index (χ1n) is 11.3. The number of aromatic nitrogens is 4. The summed E-state index contributed by atoms with van der Waals surface area (Å²) >= 11 is 1.38. The second-order valence-electron chi connectivity index (χ2n) is 8.00. The third-order valence-corrected chi connectivity index (χ3v) is 6.80. The number of nitrogens with one attached hydrogen (secondary N) is 1. The van der Waals surface area contributed by atoms with Crippen LogP contribution in [-0.4, -0.2) is 64.1 Å². The van der Waals surface area contributed by atoms with E-state index in [2.05, 4.69) is 20.6 Å². The van der Waals surface area contributed by atoms with Crippen LogP contribution < -0.4 is 15.0 Å². The van der Waals surface area contributed by atoms with Crippen LogP contribution in [0.15, 0.2) is 36.4 Å². The van der Waals surface area contributed by atoms with Gasteiger partial charge in [0, 0.05) is 37.2 Å². The summed E-state index contributed by atoms with van der Waals surface area (Å²) < 4.78 is 12.6. The second kappa shape index (κ2) is 9.87. The fourth-order valence-electron chi connectivity index (χ4n) is 4.02. The van der Waals surface area contributed by atoms with E-state index in [0.29, 0.717) is 59.8 Å². The molecule has 1 N–H and O–H groups in total. The number of carbonyl (C=O) groups is 1. The third-order valence-electron chi connectivity index (χ3n) is 5.85. The van der Waals surface area contributed by atoms with E-state index in [1.807, 2.05) is 17.9 Å². The predicted molar refractivity (Wildman–Crippen MR) is 134 cm³/mol. The van der Waals surface area contributed by atoms with Gasteiger partial charge in [0.1, 0.15) is 10.8 Å². The fourth-order valence-corrected chi connectivity index (χ4v) is 4.88. The number of carbonyl (C=O) groups excluding carboxylic acids is 1. The number of nitro benzene ring substituents is 1. The van der Waals surface area contributed by atoms with Crippen molar-refractivity contribution in [3.63, 3.8) is 0 Å². The summed E-state index contributed by atoms with van der Waals surface area (Å²) in [4.78, 5) is 27.0. The number of fused-ring (bicyclic) bond motifs is 1. The number of hydrogen-bond donors (Lipinski definition) is 1. The van der Waals surface area contributed by atoms with Crippen LogP contribution in [0.4, 0.5) is 17.1 Å². The minimum atomic E-state index is -0.515. The van der Waals surface area contributed by atoms with Crippen molar-refractivity contribution < 1.29 is 19.2 Å². The van der Waals surface area contributed by atoms with Gasteiger partial charge in [-0.3, -0.25) is 14.9 Å². The van der Waals surface area contributed by atoms with Crippen LogP contribution in [-0.2, 0) is 11.2 Å². The van der Waals surface area contributed by atoms with Gasteiger partial charge in [0.2, 0.25) is 4.96 Å². The van der Waals surface area contributed by atoms with E-state index < -0.39 is 10.8 Å². The van der Waals surface area contributed by atoms with Crippen LogP contribution in [0.2, 0.25) is 0 Å². The molecular weight excluding hydrogens is 486 g/mol. The maximum absolute atomic E-state index is 13.5. The van der Waals surface area contributed by atoms with Gasteiger partial charge in [-0.1, -0.05) is 18.3 Å². The van der Waals surface area contributed by atoms with Crippen LogP contribution >= 0.6 is 11.3 Å². The highest BCUT2D eigenvalue weighted by Gasteiger charge is 2.23. The number of anilines is 2. The molecule has 2 aromatic carbocycles. The van der Waals surface area contributed by atoms with Crippen LogP contribution in [0.5, 0.6) is 5.75 Å². The number of non-ortho nitro benzene ring substituents is 1. The lowest BCUT2D eigenvalue weighted by atomic mass is 10.1. The lowest BCUT2D eigenvalue weighted by molar-refractivity contribution is -0.384. The van der Waals surface area contributed by atoms with Gasteiger partial charge in [-0.25, -0.2) is 0 Å². The molecule has 1 saturated heterocycles. The van der Waals surface area contributed by atoms with Crippen molar-refractivity contribution in [2.75, 3.05) is 43.6 Å². The Morgan fingerprint density at radius 1 is 1.22 bits per heavy atom. The van der Waals surface area contributed by atoms with E-state index in [-0.39, 0.29) is 11.3 Å². The minimum absolute atomic E-state index is 0.163. The number of ether oxygens (including phenoxy) is 2. The molecular formula is C23H23N7O5S. The summed E-state index contributed by atoms with van der Waals surface area (Å²) in [5.41, 5.74) is 1.82. The zero-order valence-corrected chi connectivity index (χ0v) is 20.4. The van der Waals surface area contributed by atoms with Crippen LogP contribution in [0.25, 0.3) is 15.5 Å². The summed E-state index contributed by atoms with van der Waals surface area (Å²) in [5.74, 6) is 0.723. The van der Waals surface area contributed by atoms with E-state index in [9.17, 15) is 14.9 Å². The smallest absolute Gasteiger partial charge is 0.270 e. The number of amides is 1. The van der Waals surface area contributed by atoms with Gasteiger partial charge in [-0.05, 0) is 24.3 Å². The van der Waals surface area contributed by atoms with Gasteiger partial charge in [-0.2, -0.15) is 9.61 Å². The summed E-state index contributed by atoms with van der Waals surface area (Å²) in [6, 6.07) is 9.66. The van der Waals surface area contributed by atoms with Gasteiger partial charge in [0.15, 0.2) is 5.82 Å². The monoisotopic (exact) mass is 509 g/mol. The highest BCUT2D eigenvalue weighted by Crippen LogP contribution is 2.34. The Labute approximate surface area is 209 Å². The summed E-state index contributed by atoms with van der Waals surface area (Å²) in [6.45, 7) is 4.17. The maximum atomic E-state index is 13.5. The molecule has 0 radical (unpaired) electrons. The Morgan fingerprint density at radius 3 is 2.75 bits per heavy atom. The standard InChI is InChI=1S/C23H23N7O5S/c1-3-20-25-26-23-29(20)27-22(36-23)14-4-7-19(34-2)17(12-14)24-21(31)16-13-15(30(32)33)5-6-18(16)28-8-10-35-11-9-28/h4-7,12-13H,3,8-11H2,1-2H3,(H,24,31). The molecule has 3 heterocycles. The number of nitro groups is 1. The fraction of sp³-hybridized carbons (Fsp3) is 0.304. The van der Waals surface area contributed by atoms with Crippen molar-refractivity contribution in [3.8, 4) is 16.3 Å². The van der Waals surface area contributed by atoms with E-state index in [1.165, 1.54) is 30.6 Å². The Hall–Kier alpha value is -4.10. The van der Waals surface area contributed by atoms with Gasteiger partial charge in [-0.15, -0.1) is 10.2 Å². The SMILES string of the molecule is CCc1nnc2sc(-c3ccc(OC)c(NC(=O)c4cc([N+](=O)[O-])ccc4N4CCOCC4)c3)nn12. The first kappa shape index (κ1) is 23.6. The molecule has 0 saturated carbocycles. The Balaban J connectivity index is 1.50. The number of rotatable bonds is 7. The van der Waals surface area contributed by atoms with Crippen molar-refractivity contribution in [2.45, 2.75) is 13.3 Å². The summed E-state index contributed by atoms with van der Waals surface area (Å²) in [5, 5.41) is 27.9. The lowest BCUT2D eigenvalue weighted by Crippen LogP contribution is -2.37. The van der Waals surface area contributed by atoms with Gasteiger partial charge in [0.25, 0.3) is 11.6 Å². The number of morpholine rings is 1. The van der Waals surface area contributed by atoms with Crippen molar-refractivity contribution in [1.82, 2.24) is 19.8 Å². The highest BCUT2D eigenvalue weighted by atomic mass is 32.1. The van der Waals surface area contributed by atoms with E-state index >= 15 is 0 Å². The van der Waals surface area contributed by atoms with Crippen LogP contribution in [0.3, 0.4) is 0 Å². The third kappa shape index (κ3) is 4.45. The van der Waals surface area contributed by atoms with Gasteiger partial charge >= 0.3 is 0 Å². The minimum Gasteiger partial charge on any atom is -0.495 e. The first-order chi connectivity index (χ1) is 17.5. The summed E-state index contributed by atoms with van der Waals surface area (Å²) in [7, 11) is 1.51. The Kier molecular flexibility index (Phi) is 6.48. The molecule has 13 heteroatoms. The molecule has 12 nitrogen and oxygen atoms in total. The van der Waals surface area contributed by atoms with Crippen molar-refractivity contribution in [1.29, 1.82) is 0 Å². The second-order valence-corrected chi connectivity index (χ2v) is 8.95. The molecule has 1 aliphatic heterocycles. The number of methoxy groups -OCH3 is 1. The number of hydrogen-bond acceptors (Lipinski definition) is 10. The van der Waals surface area contributed by atoms with Crippen LogP contribution in [0, 0.1) is 10.1 Å². The maximum Gasteiger partial charge on any atom is 0.270 e. The molecule has 5 rings (SSSR count). The van der Waals surface area contributed by atoms with E-state index in [0.717, 1.165) is 11.4 Å². The molecule has 186 valence electrons. The van der Waals surface area contributed by atoms with Gasteiger partial charge < -0.3 is 19.7 Å². The van der Waals surface area contributed by atoms with Crippen molar-refractivity contribution in [2.24, 2.45) is 0 Å². The quantitative estimate of drug-likeness (QED) is 0.293. The van der Waals surface area contributed by atoms with Crippen molar-refractivity contribution in [3.05, 3.63) is 57.9 Å². The number of benzene rings is 2. The normalized spacial score (nSPS) is 13.7. The molecule has 0 aliphatic carbocycles. The zero-order chi connectivity index (χ0) is 25.2. The molecule has 2 aromatic heterocycles. The number of aryl methyl sites for hydroxylation is 1. The molecule has 0 unspecified atom stereocenters. The molecule has 0 atom stereocenters. The Morgan fingerprint density at radius 2 is 2.03 bits per heavy atom.